The second kappa shape index (κ2) is 19.9. The zero-order chi connectivity index (χ0) is 17.3. The SMILES string of the molecule is CCCCCCCCCCCCCCCC(=O)N[C@@H](C)C(=O)O.[KH]. The molecule has 0 fully saturated rings. The van der Waals surface area contributed by atoms with Crippen LogP contribution in [-0.4, -0.2) is 74.4 Å². The standard InChI is InChI=1S/C19H37NO3.K.H/c1-3-4-5-6-7-8-9-10-11-12-13-14-15-16-18(21)20-17(2)19(22)23;;/h17H,3-16H2,1-2H3,(H,20,21)(H,22,23);;/t17-;;/m0../s1. The molecule has 4 nitrogen and oxygen atoms in total. The molecule has 0 radical (unpaired) electrons. The van der Waals surface area contributed by atoms with Crippen LogP contribution in [0.2, 0.25) is 0 Å². The summed E-state index contributed by atoms with van der Waals surface area (Å²) >= 11 is 0. The Morgan fingerprint density at radius 1 is 0.792 bits per heavy atom. The van der Waals surface area contributed by atoms with Gasteiger partial charge in [-0.1, -0.05) is 84.0 Å². The molecule has 0 aromatic carbocycles. The van der Waals surface area contributed by atoms with Crippen molar-refractivity contribution in [3.63, 3.8) is 0 Å². The Hall–Kier alpha value is 0.576. The first-order valence-electron chi connectivity index (χ1n) is 9.60. The van der Waals surface area contributed by atoms with Crippen LogP contribution >= 0.6 is 0 Å². The van der Waals surface area contributed by atoms with E-state index in [0.29, 0.717) is 6.42 Å². The molecule has 0 saturated heterocycles. The van der Waals surface area contributed by atoms with Gasteiger partial charge in [-0.25, -0.2) is 0 Å². The van der Waals surface area contributed by atoms with Crippen molar-refractivity contribution >= 4 is 63.3 Å². The van der Waals surface area contributed by atoms with E-state index in [-0.39, 0.29) is 57.3 Å². The van der Waals surface area contributed by atoms with E-state index in [9.17, 15) is 9.59 Å². The molecule has 0 aromatic heterocycles. The summed E-state index contributed by atoms with van der Waals surface area (Å²) in [5.74, 6) is -1.13. The van der Waals surface area contributed by atoms with Gasteiger partial charge in [0.25, 0.3) is 0 Å². The fraction of sp³-hybridized carbons (Fsp3) is 0.895. The zero-order valence-corrected chi connectivity index (χ0v) is 15.2. The Kier molecular flexibility index (Phi) is 22.2. The van der Waals surface area contributed by atoms with Crippen molar-refractivity contribution in [2.24, 2.45) is 0 Å². The minimum absolute atomic E-state index is 0. The molecule has 2 N–H and O–H groups in total. The third-order valence-electron chi connectivity index (χ3n) is 4.26. The number of hydrogen-bond acceptors (Lipinski definition) is 2. The first-order chi connectivity index (χ1) is 11.1. The minimum atomic E-state index is -0.983. The Morgan fingerprint density at radius 3 is 1.54 bits per heavy atom. The molecule has 0 bridgehead atoms. The van der Waals surface area contributed by atoms with E-state index in [1.54, 1.807) is 0 Å². The number of rotatable bonds is 16. The van der Waals surface area contributed by atoms with Crippen molar-refractivity contribution in [1.82, 2.24) is 5.32 Å². The van der Waals surface area contributed by atoms with E-state index in [2.05, 4.69) is 12.2 Å². The second-order valence-electron chi connectivity index (χ2n) is 6.62. The van der Waals surface area contributed by atoms with Crippen LogP contribution in [0.15, 0.2) is 0 Å². The van der Waals surface area contributed by atoms with Crippen molar-refractivity contribution < 1.29 is 14.7 Å². The second-order valence-corrected chi connectivity index (χ2v) is 6.62. The third-order valence-corrected chi connectivity index (χ3v) is 4.26. The molecular formula is C19H38KNO3. The molecule has 0 aliphatic carbocycles. The molecule has 0 saturated carbocycles. The number of carbonyl (C=O) groups excluding carboxylic acids is 1. The summed E-state index contributed by atoms with van der Waals surface area (Å²) in [7, 11) is 0. The molecule has 5 heteroatoms. The van der Waals surface area contributed by atoms with Crippen LogP contribution in [0.4, 0.5) is 0 Å². The predicted octanol–water partition coefficient (Wildman–Crippen LogP) is 4.41. The number of carboxylic acid groups (broad SMARTS) is 1. The quantitative estimate of drug-likeness (QED) is 0.314. The van der Waals surface area contributed by atoms with Crippen molar-refractivity contribution in [2.45, 2.75) is 110 Å². The Labute approximate surface area is 191 Å². The molecule has 24 heavy (non-hydrogen) atoms. The molecule has 138 valence electrons. The van der Waals surface area contributed by atoms with E-state index in [0.717, 1.165) is 12.8 Å². The molecule has 0 heterocycles. The van der Waals surface area contributed by atoms with Gasteiger partial charge in [-0.2, -0.15) is 0 Å². The number of amides is 1. The average molecular weight is 368 g/mol. The Morgan fingerprint density at radius 2 is 1.17 bits per heavy atom. The number of carboxylic acids is 1. The average Bonchev–Trinajstić information content (AvgIpc) is 2.51. The molecule has 0 spiro atoms. The number of hydrogen-bond donors (Lipinski definition) is 2. The van der Waals surface area contributed by atoms with Crippen LogP contribution in [0.5, 0.6) is 0 Å². The van der Waals surface area contributed by atoms with Crippen LogP contribution < -0.4 is 5.32 Å². The van der Waals surface area contributed by atoms with Gasteiger partial charge >= 0.3 is 57.4 Å². The summed E-state index contributed by atoms with van der Waals surface area (Å²) in [5, 5.41) is 11.2. The number of unbranched alkanes of at least 4 members (excludes halogenated alkanes) is 12. The van der Waals surface area contributed by atoms with Crippen LogP contribution in [0, 0.1) is 0 Å². The van der Waals surface area contributed by atoms with Crippen molar-refractivity contribution in [2.75, 3.05) is 0 Å². The fourth-order valence-electron chi connectivity index (χ4n) is 2.68. The summed E-state index contributed by atoms with van der Waals surface area (Å²) in [6.07, 6.45) is 17.1. The van der Waals surface area contributed by atoms with Crippen molar-refractivity contribution in [1.29, 1.82) is 0 Å². The van der Waals surface area contributed by atoms with Crippen LogP contribution in [0.1, 0.15) is 104 Å². The summed E-state index contributed by atoms with van der Waals surface area (Å²) in [6.45, 7) is 3.74. The van der Waals surface area contributed by atoms with Crippen molar-refractivity contribution in [3.05, 3.63) is 0 Å². The van der Waals surface area contributed by atoms with Gasteiger partial charge in [-0.05, 0) is 13.3 Å². The maximum atomic E-state index is 11.5. The van der Waals surface area contributed by atoms with Crippen LogP contribution in [0.3, 0.4) is 0 Å². The van der Waals surface area contributed by atoms with Gasteiger partial charge < -0.3 is 10.4 Å². The van der Waals surface area contributed by atoms with Crippen molar-refractivity contribution in [3.8, 4) is 0 Å². The van der Waals surface area contributed by atoms with Crippen LogP contribution in [0.25, 0.3) is 0 Å². The maximum absolute atomic E-state index is 11.5. The number of carbonyl (C=O) groups is 2. The van der Waals surface area contributed by atoms with Crippen LogP contribution in [-0.2, 0) is 9.59 Å². The third kappa shape index (κ3) is 18.9. The van der Waals surface area contributed by atoms with Gasteiger partial charge in [0.15, 0.2) is 0 Å². The zero-order valence-electron chi connectivity index (χ0n) is 15.2. The molecule has 1 amide bonds. The summed E-state index contributed by atoms with van der Waals surface area (Å²) in [5.41, 5.74) is 0. The van der Waals surface area contributed by atoms with E-state index >= 15 is 0 Å². The topological polar surface area (TPSA) is 66.4 Å². The Bertz CT molecular complexity index is 311. The number of aliphatic carboxylic acids is 1. The summed E-state index contributed by atoms with van der Waals surface area (Å²) in [6, 6.07) is -0.788. The molecule has 0 unspecified atom stereocenters. The molecule has 0 aliphatic rings. The summed E-state index contributed by atoms with van der Waals surface area (Å²) < 4.78 is 0. The van der Waals surface area contributed by atoms with E-state index in [1.807, 2.05) is 0 Å². The van der Waals surface area contributed by atoms with Gasteiger partial charge in [-0.3, -0.25) is 9.59 Å². The first kappa shape index (κ1) is 26.8. The van der Waals surface area contributed by atoms with Gasteiger partial charge in [0, 0.05) is 6.42 Å². The summed E-state index contributed by atoms with van der Waals surface area (Å²) in [4.78, 5) is 22.1. The van der Waals surface area contributed by atoms with Gasteiger partial charge in [0.2, 0.25) is 5.91 Å². The van der Waals surface area contributed by atoms with E-state index in [4.69, 9.17) is 5.11 Å². The fourth-order valence-corrected chi connectivity index (χ4v) is 2.68. The normalized spacial score (nSPS) is 11.6. The van der Waals surface area contributed by atoms with Gasteiger partial charge in [-0.15, -0.1) is 0 Å². The molecule has 1 atom stereocenters. The van der Waals surface area contributed by atoms with E-state index < -0.39 is 12.0 Å². The monoisotopic (exact) mass is 367 g/mol. The molecular weight excluding hydrogens is 329 g/mol. The van der Waals surface area contributed by atoms with Gasteiger partial charge in [0.1, 0.15) is 6.04 Å². The molecule has 0 aromatic rings. The Balaban J connectivity index is 0. The number of nitrogens with one attached hydrogen (secondary N) is 1. The van der Waals surface area contributed by atoms with E-state index in [1.165, 1.54) is 77.6 Å². The molecule has 0 rings (SSSR count). The molecule has 0 aliphatic heterocycles. The van der Waals surface area contributed by atoms with Gasteiger partial charge in [0.05, 0.1) is 0 Å². The first-order valence-corrected chi connectivity index (χ1v) is 9.60. The predicted molar refractivity (Wildman–Crippen MR) is 103 cm³/mol.